The number of anilines is 1. The van der Waals surface area contributed by atoms with Crippen LogP contribution >= 0.6 is 34.7 Å². The van der Waals surface area contributed by atoms with Crippen LogP contribution in [0.25, 0.3) is 10.1 Å². The van der Waals surface area contributed by atoms with Gasteiger partial charge >= 0.3 is 5.97 Å². The summed E-state index contributed by atoms with van der Waals surface area (Å²) in [5.41, 5.74) is 0.0205. The van der Waals surface area contributed by atoms with Crippen LogP contribution in [-0.4, -0.2) is 41.4 Å². The van der Waals surface area contributed by atoms with Crippen molar-refractivity contribution in [2.45, 2.75) is 0 Å². The minimum atomic E-state index is -1.24. The number of aliphatic imine (C=N–C) groups is 1. The summed E-state index contributed by atoms with van der Waals surface area (Å²) in [6, 6.07) is 11.2. The Bertz CT molecular complexity index is 1190. The number of carbonyl (C=O) groups is 3. The molecule has 2 aromatic carbocycles. The van der Waals surface area contributed by atoms with Crippen molar-refractivity contribution in [1.29, 1.82) is 0 Å². The third-order valence-corrected chi connectivity index (χ3v) is 6.46. The van der Waals surface area contributed by atoms with Gasteiger partial charge in [0.15, 0.2) is 5.17 Å². The van der Waals surface area contributed by atoms with Gasteiger partial charge in [0.2, 0.25) is 0 Å². The van der Waals surface area contributed by atoms with E-state index in [4.69, 9.17) is 11.6 Å². The standard InChI is InChI=1S/C20H16ClN3O4S2/c1-22-20(29-2)24-17(25)10-7-8-11(19(27)28)13(9-10)23-18(26)16-15(21)12-5-3-4-6-14(12)30-16/h3-9H,1-2H3,(H,23,26)(H,27,28)(H,22,24,25). The smallest absolute Gasteiger partial charge is 0.337 e. The van der Waals surface area contributed by atoms with Crippen LogP contribution in [0, 0.1) is 0 Å². The molecule has 1 aromatic heterocycles. The molecule has 10 heteroatoms. The Hall–Kier alpha value is -2.88. The number of carboxylic acid groups (broad SMARTS) is 1. The molecule has 0 saturated carbocycles. The van der Waals surface area contributed by atoms with Crippen molar-refractivity contribution < 1.29 is 19.5 Å². The molecule has 0 aliphatic rings. The van der Waals surface area contributed by atoms with E-state index in [1.807, 2.05) is 18.2 Å². The van der Waals surface area contributed by atoms with Gasteiger partial charge in [0.1, 0.15) is 4.88 Å². The number of nitrogens with one attached hydrogen (secondary N) is 2. The van der Waals surface area contributed by atoms with Crippen molar-refractivity contribution in [2.24, 2.45) is 4.99 Å². The Morgan fingerprint density at radius 2 is 1.87 bits per heavy atom. The van der Waals surface area contributed by atoms with Gasteiger partial charge in [-0.2, -0.15) is 0 Å². The van der Waals surface area contributed by atoms with Crippen LogP contribution in [-0.2, 0) is 0 Å². The Morgan fingerprint density at radius 3 is 2.50 bits per heavy atom. The second kappa shape index (κ2) is 9.29. The van der Waals surface area contributed by atoms with Gasteiger partial charge in [0, 0.05) is 22.7 Å². The van der Waals surface area contributed by atoms with Crippen LogP contribution in [0.2, 0.25) is 5.02 Å². The molecule has 0 spiro atoms. The average molecular weight is 462 g/mol. The van der Waals surface area contributed by atoms with E-state index in [0.29, 0.717) is 10.2 Å². The molecule has 0 fully saturated rings. The summed E-state index contributed by atoms with van der Waals surface area (Å²) in [4.78, 5) is 41.1. The molecule has 0 atom stereocenters. The van der Waals surface area contributed by atoms with Crippen molar-refractivity contribution in [1.82, 2.24) is 5.32 Å². The quantitative estimate of drug-likeness (QED) is 0.389. The summed E-state index contributed by atoms with van der Waals surface area (Å²) in [5, 5.41) is 16.1. The molecule has 3 N–H and O–H groups in total. The molecular weight excluding hydrogens is 446 g/mol. The van der Waals surface area contributed by atoms with Gasteiger partial charge in [-0.25, -0.2) is 4.79 Å². The van der Waals surface area contributed by atoms with E-state index in [9.17, 15) is 19.5 Å². The first-order chi connectivity index (χ1) is 14.3. The Morgan fingerprint density at radius 1 is 1.13 bits per heavy atom. The number of aromatic carboxylic acids is 1. The fourth-order valence-electron chi connectivity index (χ4n) is 2.68. The molecule has 0 aliphatic heterocycles. The zero-order valence-electron chi connectivity index (χ0n) is 15.9. The number of amides is 2. The highest BCUT2D eigenvalue weighted by atomic mass is 35.5. The van der Waals surface area contributed by atoms with E-state index in [1.165, 1.54) is 41.3 Å². The monoisotopic (exact) mass is 461 g/mol. The highest BCUT2D eigenvalue weighted by Crippen LogP contribution is 2.35. The van der Waals surface area contributed by atoms with Crippen molar-refractivity contribution >= 4 is 73.4 Å². The molecule has 154 valence electrons. The van der Waals surface area contributed by atoms with E-state index in [1.54, 1.807) is 19.4 Å². The van der Waals surface area contributed by atoms with E-state index in [2.05, 4.69) is 15.6 Å². The number of fused-ring (bicyclic) bond motifs is 1. The van der Waals surface area contributed by atoms with Crippen LogP contribution < -0.4 is 10.6 Å². The number of thiophene rings is 1. The van der Waals surface area contributed by atoms with Gasteiger partial charge in [-0.1, -0.05) is 41.6 Å². The lowest BCUT2D eigenvalue weighted by Gasteiger charge is -2.11. The molecule has 30 heavy (non-hydrogen) atoms. The minimum absolute atomic E-state index is 0.00666. The molecule has 1 heterocycles. The number of amidine groups is 1. The molecular formula is C20H16ClN3O4S2. The maximum atomic E-state index is 12.8. The van der Waals surface area contributed by atoms with E-state index < -0.39 is 17.8 Å². The summed E-state index contributed by atoms with van der Waals surface area (Å²) in [6.07, 6.45) is 1.76. The number of benzene rings is 2. The zero-order chi connectivity index (χ0) is 21.8. The summed E-state index contributed by atoms with van der Waals surface area (Å²) < 4.78 is 0.836. The first-order valence-corrected chi connectivity index (χ1v) is 11.0. The van der Waals surface area contributed by atoms with Crippen LogP contribution in [0.3, 0.4) is 0 Å². The van der Waals surface area contributed by atoms with Gasteiger partial charge in [-0.3, -0.25) is 14.6 Å². The molecule has 0 aliphatic carbocycles. The van der Waals surface area contributed by atoms with Crippen molar-refractivity contribution in [3.8, 4) is 0 Å². The van der Waals surface area contributed by atoms with Crippen molar-refractivity contribution in [3.05, 3.63) is 63.5 Å². The van der Waals surface area contributed by atoms with Crippen LogP contribution in [0.4, 0.5) is 5.69 Å². The largest absolute Gasteiger partial charge is 0.478 e. The predicted molar refractivity (Wildman–Crippen MR) is 123 cm³/mol. The molecule has 3 aromatic rings. The Balaban J connectivity index is 1.95. The molecule has 0 unspecified atom stereocenters. The van der Waals surface area contributed by atoms with Gasteiger partial charge in [0.05, 0.1) is 16.3 Å². The number of thioether (sulfide) groups is 1. The first-order valence-electron chi connectivity index (χ1n) is 8.53. The van der Waals surface area contributed by atoms with Crippen LogP contribution in [0.15, 0.2) is 47.5 Å². The molecule has 0 bridgehead atoms. The first kappa shape index (κ1) is 21.8. The van der Waals surface area contributed by atoms with Gasteiger partial charge in [-0.15, -0.1) is 11.3 Å². The molecule has 2 amide bonds. The van der Waals surface area contributed by atoms with E-state index in [0.717, 1.165) is 10.1 Å². The predicted octanol–water partition coefficient (Wildman–Crippen LogP) is 4.58. The summed E-state index contributed by atoms with van der Waals surface area (Å²) in [7, 11) is 1.54. The number of halogens is 1. The number of hydrogen-bond donors (Lipinski definition) is 3. The summed E-state index contributed by atoms with van der Waals surface area (Å²) >= 11 is 8.80. The molecule has 7 nitrogen and oxygen atoms in total. The van der Waals surface area contributed by atoms with Crippen molar-refractivity contribution in [3.63, 3.8) is 0 Å². The van der Waals surface area contributed by atoms with Crippen LogP contribution in [0.5, 0.6) is 0 Å². The average Bonchev–Trinajstić information content (AvgIpc) is 3.08. The zero-order valence-corrected chi connectivity index (χ0v) is 18.2. The lowest BCUT2D eigenvalue weighted by atomic mass is 10.1. The maximum absolute atomic E-state index is 12.8. The molecule has 0 radical (unpaired) electrons. The van der Waals surface area contributed by atoms with Gasteiger partial charge in [-0.05, 0) is 30.5 Å². The van der Waals surface area contributed by atoms with E-state index >= 15 is 0 Å². The number of carboxylic acids is 1. The number of hydrogen-bond acceptors (Lipinski definition) is 6. The lowest BCUT2D eigenvalue weighted by molar-refractivity contribution is 0.0697. The topological polar surface area (TPSA) is 108 Å². The number of carbonyl (C=O) groups excluding carboxylic acids is 2. The normalized spacial score (nSPS) is 11.4. The van der Waals surface area contributed by atoms with Crippen LogP contribution in [0.1, 0.15) is 30.4 Å². The fourth-order valence-corrected chi connectivity index (χ4v) is 4.47. The summed E-state index contributed by atoms with van der Waals surface area (Å²) in [6.45, 7) is 0. The third-order valence-electron chi connectivity index (χ3n) is 4.12. The van der Waals surface area contributed by atoms with Gasteiger partial charge in [0.25, 0.3) is 11.8 Å². The highest BCUT2D eigenvalue weighted by Gasteiger charge is 2.21. The second-order valence-electron chi connectivity index (χ2n) is 5.95. The summed E-state index contributed by atoms with van der Waals surface area (Å²) in [5.74, 6) is -2.27. The minimum Gasteiger partial charge on any atom is -0.478 e. The van der Waals surface area contributed by atoms with E-state index in [-0.39, 0.29) is 21.7 Å². The number of nitrogens with zero attached hydrogens (tertiary/aromatic N) is 1. The maximum Gasteiger partial charge on any atom is 0.337 e. The lowest BCUT2D eigenvalue weighted by Crippen LogP contribution is -2.28. The van der Waals surface area contributed by atoms with Crippen molar-refractivity contribution in [2.75, 3.05) is 18.6 Å². The Kier molecular flexibility index (Phi) is 6.76. The third kappa shape index (κ3) is 4.48. The molecule has 3 rings (SSSR count). The highest BCUT2D eigenvalue weighted by molar-refractivity contribution is 8.13. The van der Waals surface area contributed by atoms with Gasteiger partial charge < -0.3 is 15.7 Å². The second-order valence-corrected chi connectivity index (χ2v) is 8.17. The Labute approximate surface area is 185 Å². The fraction of sp³-hybridized carbons (Fsp3) is 0.100. The molecule has 0 saturated heterocycles. The SMILES string of the molecule is CN=C(NC(=O)c1ccc(C(=O)O)c(NC(=O)c2sc3ccccc3c2Cl)c1)SC. The number of rotatable bonds is 4.